The molecule has 1 aromatic heterocycles. The number of carbonyl (C=O) groups is 1. The minimum atomic E-state index is -0.358. The van der Waals surface area contributed by atoms with E-state index < -0.39 is 0 Å². The Labute approximate surface area is 223 Å². The molecule has 2 saturated heterocycles. The summed E-state index contributed by atoms with van der Waals surface area (Å²) in [7, 11) is 2.20. The van der Waals surface area contributed by atoms with Gasteiger partial charge in [0.25, 0.3) is 0 Å². The lowest BCUT2D eigenvalue weighted by Gasteiger charge is -2.40. The largest absolute Gasteiger partial charge is 0.445 e. The van der Waals surface area contributed by atoms with Crippen LogP contribution >= 0.6 is 11.8 Å². The number of thioether (sulfide) groups is 1. The van der Waals surface area contributed by atoms with Crippen LogP contribution in [0.15, 0.2) is 35.5 Å². The molecule has 4 heterocycles. The predicted octanol–water partition coefficient (Wildman–Crippen LogP) is 3.06. The van der Waals surface area contributed by atoms with E-state index in [0.717, 1.165) is 54.0 Å². The molecule has 0 aliphatic carbocycles. The number of benzene rings is 1. The van der Waals surface area contributed by atoms with Crippen LogP contribution in [0.1, 0.15) is 29.7 Å². The van der Waals surface area contributed by atoms with Gasteiger partial charge in [0.1, 0.15) is 18.5 Å². The molecule has 196 valence electrons. The van der Waals surface area contributed by atoms with E-state index in [1.807, 2.05) is 30.3 Å². The summed E-state index contributed by atoms with van der Waals surface area (Å²) in [5, 5.41) is 4.27. The third kappa shape index (κ3) is 6.17. The Bertz CT molecular complexity index is 1130. The zero-order valence-corrected chi connectivity index (χ0v) is 22.3. The molecule has 0 saturated carbocycles. The summed E-state index contributed by atoms with van der Waals surface area (Å²) in [6, 6.07) is 10.0. The first kappa shape index (κ1) is 25.8. The Hall–Kier alpha value is -2.87. The van der Waals surface area contributed by atoms with Gasteiger partial charge in [-0.1, -0.05) is 42.1 Å². The summed E-state index contributed by atoms with van der Waals surface area (Å²) < 4.78 is 5.61. The van der Waals surface area contributed by atoms with Crippen molar-refractivity contribution in [1.82, 2.24) is 25.1 Å². The molecule has 10 heteroatoms. The number of rotatable bonds is 7. The number of nitrogens with zero attached hydrogens (tertiary/aromatic N) is 6. The van der Waals surface area contributed by atoms with Crippen LogP contribution < -0.4 is 10.2 Å². The van der Waals surface area contributed by atoms with Gasteiger partial charge in [0, 0.05) is 43.5 Å². The number of nitrogens with one attached hydrogen (secondary N) is 1. The molecule has 1 amide bonds. The highest BCUT2D eigenvalue weighted by atomic mass is 32.2. The number of hydrogen-bond acceptors (Lipinski definition) is 8. The number of anilines is 1. The Morgan fingerprint density at radius 2 is 2.08 bits per heavy atom. The van der Waals surface area contributed by atoms with Gasteiger partial charge in [-0.2, -0.15) is 0 Å². The van der Waals surface area contributed by atoms with Gasteiger partial charge in [-0.05, 0) is 45.0 Å². The van der Waals surface area contributed by atoms with Crippen molar-refractivity contribution in [1.29, 1.82) is 0 Å². The lowest BCUT2D eigenvalue weighted by atomic mass is 10.1. The first-order chi connectivity index (χ1) is 18.1. The van der Waals surface area contributed by atoms with Gasteiger partial charge < -0.3 is 24.7 Å². The molecule has 1 N–H and O–H groups in total. The number of carbonyl (C=O) groups excluding carboxylic acids is 1. The zero-order chi connectivity index (χ0) is 25.6. The quantitative estimate of drug-likeness (QED) is 0.339. The van der Waals surface area contributed by atoms with Crippen LogP contribution in [0, 0.1) is 6.57 Å². The van der Waals surface area contributed by atoms with E-state index in [0.29, 0.717) is 25.7 Å². The summed E-state index contributed by atoms with van der Waals surface area (Å²) in [4.78, 5) is 33.0. The SMILES string of the molecule is [C-]#[N+]C[C@H]1CN(c2nc(SC[C@@H]3CCCN3C)nc3c2CCNC3)CCN1C(=O)OCc1ccccc1. The smallest absolute Gasteiger partial charge is 0.410 e. The fourth-order valence-corrected chi connectivity index (χ4v) is 6.44. The monoisotopic (exact) mass is 521 g/mol. The van der Waals surface area contributed by atoms with Crippen molar-refractivity contribution in [3.8, 4) is 0 Å². The average Bonchev–Trinajstić information content (AvgIpc) is 3.35. The topological polar surface area (TPSA) is 78.2 Å². The van der Waals surface area contributed by atoms with Crippen LogP contribution in [0.5, 0.6) is 0 Å². The first-order valence-corrected chi connectivity index (χ1v) is 14.1. The Morgan fingerprint density at radius 3 is 2.86 bits per heavy atom. The van der Waals surface area contributed by atoms with Crippen molar-refractivity contribution < 1.29 is 9.53 Å². The number of likely N-dealkylation sites (tertiary alicyclic amines) is 1. The van der Waals surface area contributed by atoms with E-state index >= 15 is 0 Å². The first-order valence-electron chi connectivity index (χ1n) is 13.1. The Morgan fingerprint density at radius 1 is 1.22 bits per heavy atom. The number of aromatic nitrogens is 2. The minimum absolute atomic E-state index is 0.230. The average molecular weight is 522 g/mol. The second kappa shape index (κ2) is 12.1. The highest BCUT2D eigenvalue weighted by Crippen LogP contribution is 2.30. The Kier molecular flexibility index (Phi) is 8.44. The fraction of sp³-hybridized carbons (Fsp3) is 0.556. The van der Waals surface area contributed by atoms with E-state index in [2.05, 4.69) is 27.0 Å². The third-order valence-corrected chi connectivity index (χ3v) is 8.49. The van der Waals surface area contributed by atoms with E-state index in [4.69, 9.17) is 21.3 Å². The van der Waals surface area contributed by atoms with Crippen molar-refractivity contribution >= 4 is 23.7 Å². The van der Waals surface area contributed by atoms with Gasteiger partial charge in [-0.25, -0.2) is 21.3 Å². The van der Waals surface area contributed by atoms with Gasteiger partial charge in [0.15, 0.2) is 5.16 Å². The molecule has 2 aromatic rings. The molecule has 3 aliphatic heterocycles. The van der Waals surface area contributed by atoms with E-state index in [1.165, 1.54) is 18.4 Å². The van der Waals surface area contributed by atoms with Crippen molar-refractivity contribution in [2.24, 2.45) is 0 Å². The number of fused-ring (bicyclic) bond motifs is 1. The molecule has 9 nitrogen and oxygen atoms in total. The standard InChI is InChI=1S/C27H35N7O2S/c1-28-15-22-17-33(13-14-34(22)27(35)36-18-20-7-4-3-5-8-20)25-23-10-11-29-16-24(23)30-26(31-25)37-19-21-9-6-12-32(21)2/h3-5,7-8,21-22,29H,6,9-19H2,2H3/t21-,22-/m0/s1. The number of ether oxygens (including phenoxy) is 1. The van der Waals surface area contributed by atoms with Crippen LogP contribution in [0.2, 0.25) is 0 Å². The second-order valence-electron chi connectivity index (χ2n) is 9.94. The van der Waals surface area contributed by atoms with Gasteiger partial charge >= 0.3 is 6.09 Å². The lowest BCUT2D eigenvalue weighted by Crippen LogP contribution is -2.57. The zero-order valence-electron chi connectivity index (χ0n) is 21.4. The van der Waals surface area contributed by atoms with Crippen molar-refractivity contribution in [2.45, 2.75) is 49.7 Å². The predicted molar refractivity (Wildman–Crippen MR) is 145 cm³/mol. The van der Waals surface area contributed by atoms with Gasteiger partial charge in [0.2, 0.25) is 6.54 Å². The summed E-state index contributed by atoms with van der Waals surface area (Å²) in [6.45, 7) is 12.5. The van der Waals surface area contributed by atoms with Crippen LogP contribution in [-0.4, -0.2) is 90.0 Å². The van der Waals surface area contributed by atoms with Crippen molar-refractivity contribution in [3.05, 3.63) is 58.6 Å². The molecule has 0 unspecified atom stereocenters. The molecule has 0 radical (unpaired) electrons. The van der Waals surface area contributed by atoms with Crippen molar-refractivity contribution in [2.75, 3.05) is 57.0 Å². The summed E-state index contributed by atoms with van der Waals surface area (Å²) in [6.07, 6.45) is 3.00. The normalized spacial score (nSPS) is 21.9. The fourth-order valence-electron chi connectivity index (χ4n) is 5.36. The second-order valence-corrected chi connectivity index (χ2v) is 10.9. The van der Waals surface area contributed by atoms with Gasteiger partial charge in [-0.3, -0.25) is 4.90 Å². The number of hydrogen-bond donors (Lipinski definition) is 1. The summed E-state index contributed by atoms with van der Waals surface area (Å²) in [5.41, 5.74) is 3.22. The molecule has 3 aliphatic rings. The maximum absolute atomic E-state index is 13.0. The molecular formula is C27H35N7O2S. The molecular weight excluding hydrogens is 486 g/mol. The molecule has 0 spiro atoms. The number of piperazine rings is 1. The minimum Gasteiger partial charge on any atom is -0.445 e. The van der Waals surface area contributed by atoms with Gasteiger partial charge in [0.05, 0.1) is 5.69 Å². The molecule has 2 atom stereocenters. The molecule has 1 aromatic carbocycles. The van der Waals surface area contributed by atoms with E-state index in [9.17, 15) is 4.79 Å². The molecule has 0 bridgehead atoms. The number of amides is 1. The summed E-state index contributed by atoms with van der Waals surface area (Å²) in [5.74, 6) is 1.96. The Balaban J connectivity index is 1.30. The lowest BCUT2D eigenvalue weighted by molar-refractivity contribution is 0.0788. The maximum atomic E-state index is 13.0. The molecule has 5 rings (SSSR count). The van der Waals surface area contributed by atoms with Crippen LogP contribution in [0.4, 0.5) is 10.6 Å². The van der Waals surface area contributed by atoms with E-state index in [-0.39, 0.29) is 25.3 Å². The van der Waals surface area contributed by atoms with Crippen LogP contribution in [-0.2, 0) is 24.3 Å². The van der Waals surface area contributed by atoms with E-state index in [1.54, 1.807) is 16.7 Å². The van der Waals surface area contributed by atoms with Crippen LogP contribution in [0.3, 0.4) is 0 Å². The summed E-state index contributed by atoms with van der Waals surface area (Å²) >= 11 is 1.74. The molecule has 37 heavy (non-hydrogen) atoms. The molecule has 2 fully saturated rings. The highest BCUT2D eigenvalue weighted by molar-refractivity contribution is 7.99. The third-order valence-electron chi connectivity index (χ3n) is 7.49. The highest BCUT2D eigenvalue weighted by Gasteiger charge is 2.35. The van der Waals surface area contributed by atoms with Gasteiger partial charge in [-0.15, -0.1) is 0 Å². The van der Waals surface area contributed by atoms with Crippen LogP contribution in [0.25, 0.3) is 4.85 Å². The maximum Gasteiger partial charge on any atom is 0.410 e. The van der Waals surface area contributed by atoms with Crippen molar-refractivity contribution in [3.63, 3.8) is 0 Å².